The van der Waals surface area contributed by atoms with E-state index in [0.717, 1.165) is 24.6 Å². The fourth-order valence-corrected chi connectivity index (χ4v) is 3.25. The molecule has 23 heavy (non-hydrogen) atoms. The van der Waals surface area contributed by atoms with Crippen LogP contribution in [0.2, 0.25) is 0 Å². The third kappa shape index (κ3) is 3.50. The molecule has 1 atom stereocenters. The molecule has 0 aliphatic carbocycles. The van der Waals surface area contributed by atoms with Gasteiger partial charge in [-0.1, -0.05) is 0 Å². The van der Waals surface area contributed by atoms with E-state index in [-0.39, 0.29) is 11.9 Å². The summed E-state index contributed by atoms with van der Waals surface area (Å²) in [6.45, 7) is 1.65. The first-order valence-electron chi connectivity index (χ1n) is 7.31. The number of hydrogen-bond acceptors (Lipinski definition) is 6. The van der Waals surface area contributed by atoms with Crippen molar-refractivity contribution in [2.45, 2.75) is 12.5 Å². The monoisotopic (exact) mass is 331 g/mol. The summed E-state index contributed by atoms with van der Waals surface area (Å²) in [5.74, 6) is -0.542. The molecule has 1 aromatic heterocycles. The molecule has 2 aromatic rings. The Bertz CT molecular complexity index is 685. The second kappa shape index (κ2) is 6.78. The summed E-state index contributed by atoms with van der Waals surface area (Å²) >= 11 is 1.60. The van der Waals surface area contributed by atoms with E-state index in [2.05, 4.69) is 19.9 Å². The summed E-state index contributed by atoms with van der Waals surface area (Å²) in [6, 6.07) is 6.56. The van der Waals surface area contributed by atoms with E-state index in [1.807, 2.05) is 5.38 Å². The fourth-order valence-electron chi connectivity index (χ4n) is 2.57. The number of rotatable bonds is 4. The second-order valence-corrected chi connectivity index (χ2v) is 6.16. The molecule has 0 saturated carbocycles. The minimum absolute atomic E-state index is 0.103. The lowest BCUT2D eigenvalue weighted by Gasteiger charge is -2.15. The number of hydrogen-bond donors (Lipinski definition) is 1. The quantitative estimate of drug-likeness (QED) is 0.867. The Morgan fingerprint density at radius 1 is 1.30 bits per heavy atom. The van der Waals surface area contributed by atoms with Crippen LogP contribution in [-0.4, -0.2) is 43.1 Å². The molecule has 0 radical (unpaired) electrons. The lowest BCUT2D eigenvalue weighted by molar-refractivity contribution is 0.0600. The second-order valence-electron chi connectivity index (χ2n) is 5.29. The number of nitrogens with one attached hydrogen (secondary N) is 1. The van der Waals surface area contributed by atoms with Crippen molar-refractivity contribution in [2.24, 2.45) is 0 Å². The number of benzene rings is 1. The lowest BCUT2D eigenvalue weighted by atomic mass is 10.1. The molecule has 0 unspecified atom stereocenters. The zero-order valence-electron chi connectivity index (χ0n) is 12.7. The van der Waals surface area contributed by atoms with Crippen LogP contribution in [0.3, 0.4) is 0 Å². The third-order valence-electron chi connectivity index (χ3n) is 3.78. The van der Waals surface area contributed by atoms with Crippen LogP contribution in [0.25, 0.3) is 0 Å². The SMILES string of the molecule is COC(=O)c1ccc(C(=O)N[C@@H]2CCN(c3nccs3)C2)cc1. The molecule has 1 N–H and O–H groups in total. The largest absolute Gasteiger partial charge is 0.465 e. The molecule has 120 valence electrons. The number of nitrogens with zero attached hydrogens (tertiary/aromatic N) is 2. The first-order chi connectivity index (χ1) is 11.2. The summed E-state index contributed by atoms with van der Waals surface area (Å²) < 4.78 is 4.64. The minimum atomic E-state index is -0.410. The van der Waals surface area contributed by atoms with Crippen LogP contribution in [-0.2, 0) is 4.74 Å². The molecule has 1 amide bonds. The van der Waals surface area contributed by atoms with Gasteiger partial charge in [-0.3, -0.25) is 4.79 Å². The van der Waals surface area contributed by atoms with Crippen LogP contribution < -0.4 is 10.2 Å². The predicted molar refractivity (Wildman–Crippen MR) is 88.0 cm³/mol. The molecule has 0 spiro atoms. The first-order valence-corrected chi connectivity index (χ1v) is 8.19. The van der Waals surface area contributed by atoms with E-state index in [0.29, 0.717) is 11.1 Å². The van der Waals surface area contributed by atoms with E-state index >= 15 is 0 Å². The van der Waals surface area contributed by atoms with Crippen molar-refractivity contribution in [1.29, 1.82) is 0 Å². The fraction of sp³-hybridized carbons (Fsp3) is 0.312. The van der Waals surface area contributed by atoms with Gasteiger partial charge in [0.2, 0.25) is 0 Å². The number of aromatic nitrogens is 1. The number of carbonyl (C=O) groups is 2. The molecule has 1 aromatic carbocycles. The van der Waals surface area contributed by atoms with Gasteiger partial charge in [0.1, 0.15) is 0 Å². The third-order valence-corrected chi connectivity index (χ3v) is 4.61. The Morgan fingerprint density at radius 2 is 2.04 bits per heavy atom. The molecule has 0 bridgehead atoms. The highest BCUT2D eigenvalue weighted by atomic mass is 32.1. The maximum absolute atomic E-state index is 12.3. The molecule has 3 rings (SSSR count). The Kier molecular flexibility index (Phi) is 4.57. The molecule has 1 saturated heterocycles. The van der Waals surface area contributed by atoms with E-state index in [4.69, 9.17) is 0 Å². The van der Waals surface area contributed by atoms with E-state index in [1.165, 1.54) is 7.11 Å². The van der Waals surface area contributed by atoms with Crippen LogP contribution in [0.4, 0.5) is 5.13 Å². The Balaban J connectivity index is 1.58. The Hall–Kier alpha value is -2.41. The zero-order chi connectivity index (χ0) is 16.2. The van der Waals surface area contributed by atoms with Gasteiger partial charge in [0.05, 0.1) is 12.7 Å². The van der Waals surface area contributed by atoms with Gasteiger partial charge in [0.15, 0.2) is 5.13 Å². The van der Waals surface area contributed by atoms with Gasteiger partial charge < -0.3 is 15.0 Å². The van der Waals surface area contributed by atoms with Gasteiger partial charge in [-0.05, 0) is 30.7 Å². The van der Waals surface area contributed by atoms with Gasteiger partial charge >= 0.3 is 5.97 Å². The first kappa shape index (κ1) is 15.5. The van der Waals surface area contributed by atoms with Gasteiger partial charge in [-0.15, -0.1) is 11.3 Å². The number of esters is 1. The molecular formula is C16H17N3O3S. The van der Waals surface area contributed by atoms with Crippen molar-refractivity contribution in [3.63, 3.8) is 0 Å². The van der Waals surface area contributed by atoms with Crippen molar-refractivity contribution in [2.75, 3.05) is 25.1 Å². The van der Waals surface area contributed by atoms with E-state index < -0.39 is 5.97 Å². The molecule has 7 heteroatoms. The maximum Gasteiger partial charge on any atom is 0.337 e. The van der Waals surface area contributed by atoms with Crippen molar-refractivity contribution < 1.29 is 14.3 Å². The average molecular weight is 331 g/mol. The topological polar surface area (TPSA) is 71.5 Å². The smallest absolute Gasteiger partial charge is 0.337 e. The van der Waals surface area contributed by atoms with Gasteiger partial charge in [0, 0.05) is 36.3 Å². The highest BCUT2D eigenvalue weighted by Crippen LogP contribution is 2.22. The molecular weight excluding hydrogens is 314 g/mol. The van der Waals surface area contributed by atoms with Crippen LogP contribution in [0.5, 0.6) is 0 Å². The van der Waals surface area contributed by atoms with E-state index in [1.54, 1.807) is 41.8 Å². The molecule has 6 nitrogen and oxygen atoms in total. The standard InChI is InChI=1S/C16H17N3O3S/c1-22-15(21)12-4-2-11(3-5-12)14(20)18-13-6-8-19(10-13)16-17-7-9-23-16/h2-5,7,9,13H,6,8,10H2,1H3,(H,18,20)/t13-/m1/s1. The zero-order valence-corrected chi connectivity index (χ0v) is 13.5. The maximum atomic E-state index is 12.3. The number of methoxy groups -OCH3 is 1. The van der Waals surface area contributed by atoms with Crippen molar-refractivity contribution in [3.8, 4) is 0 Å². The molecule has 1 aliphatic heterocycles. The number of carbonyl (C=O) groups excluding carboxylic acids is 2. The summed E-state index contributed by atoms with van der Waals surface area (Å²) in [5, 5.41) is 5.97. The molecule has 1 fully saturated rings. The van der Waals surface area contributed by atoms with Crippen molar-refractivity contribution in [3.05, 3.63) is 47.0 Å². The summed E-state index contributed by atoms with van der Waals surface area (Å²) in [4.78, 5) is 30.1. The molecule has 2 heterocycles. The number of anilines is 1. The lowest BCUT2D eigenvalue weighted by Crippen LogP contribution is -2.37. The summed E-state index contributed by atoms with van der Waals surface area (Å²) in [7, 11) is 1.33. The van der Waals surface area contributed by atoms with Crippen molar-refractivity contribution >= 4 is 28.3 Å². The van der Waals surface area contributed by atoms with Crippen LogP contribution in [0, 0.1) is 0 Å². The summed E-state index contributed by atoms with van der Waals surface area (Å²) in [5.41, 5.74) is 0.963. The number of amides is 1. The number of thiazole rings is 1. The van der Waals surface area contributed by atoms with Gasteiger partial charge in [0.25, 0.3) is 5.91 Å². The molecule has 1 aliphatic rings. The van der Waals surface area contributed by atoms with Crippen molar-refractivity contribution in [1.82, 2.24) is 10.3 Å². The highest BCUT2D eigenvalue weighted by Gasteiger charge is 2.25. The summed E-state index contributed by atoms with van der Waals surface area (Å²) in [6.07, 6.45) is 2.68. The average Bonchev–Trinajstić information content (AvgIpc) is 3.25. The normalized spacial score (nSPS) is 17.1. The van der Waals surface area contributed by atoms with Gasteiger partial charge in [-0.2, -0.15) is 0 Å². The van der Waals surface area contributed by atoms with E-state index in [9.17, 15) is 9.59 Å². The Morgan fingerprint density at radius 3 is 2.70 bits per heavy atom. The van der Waals surface area contributed by atoms with Crippen LogP contribution in [0.1, 0.15) is 27.1 Å². The predicted octanol–water partition coefficient (Wildman–Crippen LogP) is 1.94. The van der Waals surface area contributed by atoms with Gasteiger partial charge in [-0.25, -0.2) is 9.78 Å². The Labute approximate surface area is 138 Å². The number of ether oxygens (including phenoxy) is 1. The van der Waals surface area contributed by atoms with Crippen LogP contribution >= 0.6 is 11.3 Å². The highest BCUT2D eigenvalue weighted by molar-refractivity contribution is 7.13. The minimum Gasteiger partial charge on any atom is -0.465 e. The van der Waals surface area contributed by atoms with Crippen LogP contribution in [0.15, 0.2) is 35.8 Å².